The van der Waals surface area contributed by atoms with Gasteiger partial charge in [0.1, 0.15) is 0 Å². The highest BCUT2D eigenvalue weighted by molar-refractivity contribution is 7.44. The van der Waals surface area contributed by atoms with E-state index < -0.39 is 13.6 Å². The summed E-state index contributed by atoms with van der Waals surface area (Å²) in [4.78, 5) is 9.67. The van der Waals surface area contributed by atoms with E-state index in [0.29, 0.717) is 31.4 Å². The predicted octanol–water partition coefficient (Wildman–Crippen LogP) is 1.26. The SMILES string of the molecule is O=[P+]1CCN(c2ncc(F)cn2)CC1. The lowest BCUT2D eigenvalue weighted by atomic mass is 10.5. The Morgan fingerprint density at radius 2 is 1.86 bits per heavy atom. The molecular formula is C8H10FN3OP+. The number of anilines is 1. The summed E-state index contributed by atoms with van der Waals surface area (Å²) >= 11 is 0. The van der Waals surface area contributed by atoms with Gasteiger partial charge >= 0.3 is 7.80 Å². The van der Waals surface area contributed by atoms with Crippen LogP contribution < -0.4 is 4.90 Å². The van der Waals surface area contributed by atoms with E-state index in [1.807, 2.05) is 4.90 Å². The van der Waals surface area contributed by atoms with E-state index in [9.17, 15) is 8.96 Å². The average molecular weight is 214 g/mol. The van der Waals surface area contributed by atoms with Crippen molar-refractivity contribution < 1.29 is 8.96 Å². The van der Waals surface area contributed by atoms with E-state index in [1.165, 1.54) is 0 Å². The summed E-state index contributed by atoms with van der Waals surface area (Å²) in [6, 6.07) is 0. The summed E-state index contributed by atoms with van der Waals surface area (Å²) in [5.74, 6) is 0.0892. The normalized spacial score (nSPS) is 17.2. The third-order valence-electron chi connectivity index (χ3n) is 2.13. The van der Waals surface area contributed by atoms with Crippen molar-refractivity contribution in [3.8, 4) is 0 Å². The molecule has 0 spiro atoms. The Kier molecular flexibility index (Phi) is 2.68. The molecule has 0 unspecified atom stereocenters. The van der Waals surface area contributed by atoms with Crippen LogP contribution in [-0.2, 0) is 4.57 Å². The van der Waals surface area contributed by atoms with Crippen LogP contribution in [0.5, 0.6) is 0 Å². The van der Waals surface area contributed by atoms with E-state index in [-0.39, 0.29) is 0 Å². The van der Waals surface area contributed by atoms with Crippen LogP contribution in [0.3, 0.4) is 0 Å². The highest BCUT2D eigenvalue weighted by Crippen LogP contribution is 2.25. The molecule has 1 aliphatic rings. The number of aromatic nitrogens is 2. The van der Waals surface area contributed by atoms with Crippen molar-refractivity contribution >= 4 is 13.7 Å². The fourth-order valence-electron chi connectivity index (χ4n) is 1.36. The molecule has 0 N–H and O–H groups in total. The van der Waals surface area contributed by atoms with Crippen molar-refractivity contribution in [2.24, 2.45) is 0 Å². The maximum Gasteiger partial charge on any atom is 0.342 e. The molecule has 0 radical (unpaired) electrons. The smallest absolute Gasteiger partial charge is 0.332 e. The summed E-state index contributed by atoms with van der Waals surface area (Å²) < 4.78 is 23.6. The van der Waals surface area contributed by atoms with Crippen molar-refractivity contribution in [1.82, 2.24) is 9.97 Å². The maximum atomic E-state index is 12.5. The van der Waals surface area contributed by atoms with Crippen molar-refractivity contribution in [2.75, 3.05) is 30.3 Å². The number of hydrogen-bond acceptors (Lipinski definition) is 4. The first-order valence-corrected chi connectivity index (χ1v) is 6.03. The number of hydrogen-bond donors (Lipinski definition) is 0. The molecule has 0 bridgehead atoms. The minimum atomic E-state index is -1.04. The highest BCUT2D eigenvalue weighted by atomic mass is 31.1. The third kappa shape index (κ3) is 2.04. The summed E-state index contributed by atoms with van der Waals surface area (Å²) in [6.45, 7) is 1.39. The first kappa shape index (κ1) is 9.46. The van der Waals surface area contributed by atoms with E-state index in [2.05, 4.69) is 9.97 Å². The molecule has 0 amide bonds. The molecule has 1 fully saturated rings. The molecule has 1 aromatic heterocycles. The second-order valence-corrected chi connectivity index (χ2v) is 4.98. The van der Waals surface area contributed by atoms with Gasteiger partial charge in [-0.2, -0.15) is 0 Å². The van der Waals surface area contributed by atoms with Gasteiger partial charge in [0.05, 0.1) is 25.5 Å². The third-order valence-corrected chi connectivity index (χ3v) is 3.53. The fraction of sp³-hybridized carbons (Fsp3) is 0.500. The molecule has 1 aliphatic heterocycles. The van der Waals surface area contributed by atoms with Gasteiger partial charge in [0.2, 0.25) is 5.95 Å². The van der Waals surface area contributed by atoms with Crippen LogP contribution in [0.4, 0.5) is 10.3 Å². The minimum absolute atomic E-state index is 0.433. The molecule has 74 valence electrons. The molecule has 1 saturated heterocycles. The van der Waals surface area contributed by atoms with Crippen LogP contribution in [-0.4, -0.2) is 35.4 Å². The van der Waals surface area contributed by atoms with Gasteiger partial charge in [0.25, 0.3) is 0 Å². The lowest BCUT2D eigenvalue weighted by molar-refractivity contribution is 0.580. The van der Waals surface area contributed by atoms with E-state index >= 15 is 0 Å². The molecule has 0 aliphatic carbocycles. The molecule has 0 aromatic carbocycles. The average Bonchev–Trinajstić information content (AvgIpc) is 2.21. The Morgan fingerprint density at radius 1 is 1.29 bits per heavy atom. The monoisotopic (exact) mass is 214 g/mol. The largest absolute Gasteiger partial charge is 0.342 e. The van der Waals surface area contributed by atoms with Crippen LogP contribution in [0.15, 0.2) is 12.4 Å². The maximum absolute atomic E-state index is 12.5. The Labute approximate surface area is 82.0 Å². The first-order chi connectivity index (χ1) is 6.75. The lowest BCUT2D eigenvalue weighted by Crippen LogP contribution is -2.33. The molecule has 0 saturated carbocycles. The summed E-state index contributed by atoms with van der Waals surface area (Å²) in [6.07, 6.45) is 3.65. The van der Waals surface area contributed by atoms with Crippen molar-refractivity contribution in [3.63, 3.8) is 0 Å². The van der Waals surface area contributed by atoms with E-state index in [1.54, 1.807) is 0 Å². The Bertz CT molecular complexity index is 333. The van der Waals surface area contributed by atoms with Crippen LogP contribution >= 0.6 is 7.80 Å². The molecule has 6 heteroatoms. The standard InChI is InChI=1S/C8H10FN3OP/c9-7-5-10-8(11-6-7)12-1-3-14(13)4-2-12/h5-6H,1-4H2/q+1. The van der Waals surface area contributed by atoms with Crippen LogP contribution in [0.2, 0.25) is 0 Å². The second kappa shape index (κ2) is 3.96. The van der Waals surface area contributed by atoms with Gasteiger partial charge in [-0.15, -0.1) is 0 Å². The minimum Gasteiger partial charge on any atom is -0.332 e. The van der Waals surface area contributed by atoms with E-state index in [4.69, 9.17) is 0 Å². The molecule has 2 heterocycles. The van der Waals surface area contributed by atoms with Gasteiger partial charge in [0.15, 0.2) is 18.1 Å². The summed E-state index contributed by atoms with van der Waals surface area (Å²) in [7, 11) is -1.04. The van der Waals surface area contributed by atoms with Crippen LogP contribution in [0.25, 0.3) is 0 Å². The number of rotatable bonds is 1. The quantitative estimate of drug-likeness (QED) is 0.660. The van der Waals surface area contributed by atoms with Gasteiger partial charge in [-0.1, -0.05) is 4.57 Å². The Morgan fingerprint density at radius 3 is 2.43 bits per heavy atom. The highest BCUT2D eigenvalue weighted by Gasteiger charge is 2.26. The van der Waals surface area contributed by atoms with Crippen molar-refractivity contribution in [1.29, 1.82) is 0 Å². The van der Waals surface area contributed by atoms with Gasteiger partial charge in [-0.25, -0.2) is 14.4 Å². The molecular weight excluding hydrogens is 204 g/mol. The molecule has 1 aromatic rings. The number of halogens is 1. The zero-order valence-electron chi connectivity index (χ0n) is 7.56. The van der Waals surface area contributed by atoms with Crippen molar-refractivity contribution in [2.45, 2.75) is 0 Å². The number of nitrogens with zero attached hydrogens (tertiary/aromatic N) is 3. The lowest BCUT2D eigenvalue weighted by Gasteiger charge is -2.21. The summed E-state index contributed by atoms with van der Waals surface area (Å²) in [5, 5.41) is 0. The van der Waals surface area contributed by atoms with Crippen molar-refractivity contribution in [3.05, 3.63) is 18.2 Å². The Hall–Kier alpha value is -1.09. The second-order valence-electron chi connectivity index (χ2n) is 3.12. The summed E-state index contributed by atoms with van der Waals surface area (Å²) in [5.41, 5.74) is 0. The zero-order valence-corrected chi connectivity index (χ0v) is 8.45. The Balaban J connectivity index is 2.08. The molecule has 0 atom stereocenters. The van der Waals surface area contributed by atoms with Gasteiger partial charge in [-0.3, -0.25) is 0 Å². The molecule has 4 nitrogen and oxygen atoms in total. The van der Waals surface area contributed by atoms with Crippen LogP contribution in [0, 0.1) is 5.82 Å². The fourth-order valence-corrected chi connectivity index (χ4v) is 2.51. The zero-order chi connectivity index (χ0) is 9.97. The van der Waals surface area contributed by atoms with Gasteiger partial charge < -0.3 is 4.90 Å². The van der Waals surface area contributed by atoms with Crippen LogP contribution in [0.1, 0.15) is 0 Å². The molecule has 14 heavy (non-hydrogen) atoms. The first-order valence-electron chi connectivity index (χ1n) is 4.40. The van der Waals surface area contributed by atoms with E-state index in [0.717, 1.165) is 12.4 Å². The topological polar surface area (TPSA) is 46.1 Å². The predicted molar refractivity (Wildman–Crippen MR) is 51.5 cm³/mol. The molecule has 2 rings (SSSR count). The van der Waals surface area contributed by atoms with Gasteiger partial charge in [-0.05, 0) is 0 Å². The van der Waals surface area contributed by atoms with Gasteiger partial charge in [0, 0.05) is 0 Å².